The predicted molar refractivity (Wildman–Crippen MR) is 185 cm³/mol. The monoisotopic (exact) mass is 629 g/mol. The third kappa shape index (κ3) is 7.88. The Balaban J connectivity index is 1.20. The van der Waals surface area contributed by atoms with E-state index in [2.05, 4.69) is 27.7 Å². The molecule has 2 aliphatic heterocycles. The number of ether oxygens (including phenoxy) is 1. The molecule has 2 saturated heterocycles. The molecule has 3 heterocycles. The lowest BCUT2D eigenvalue weighted by atomic mass is 9.85. The van der Waals surface area contributed by atoms with E-state index < -0.39 is 0 Å². The highest BCUT2D eigenvalue weighted by molar-refractivity contribution is 5.76. The van der Waals surface area contributed by atoms with Crippen LogP contribution in [0.2, 0.25) is 0 Å². The van der Waals surface area contributed by atoms with E-state index in [1.165, 1.54) is 51.5 Å². The molecular weight excluding hydrogens is 574 g/mol. The first kappa shape index (κ1) is 32.8. The lowest BCUT2D eigenvalue weighted by Gasteiger charge is -2.41. The number of carbonyl (C=O) groups excluding carboxylic acids is 1. The molecule has 1 amide bonds. The number of fused-ring (bicyclic) bond motifs is 1. The molecule has 0 unspecified atom stereocenters. The zero-order valence-electron chi connectivity index (χ0n) is 27.7. The maximum absolute atomic E-state index is 14.5. The number of nitrogens with two attached hydrogens (primary N) is 1. The number of benzene rings is 2. The first-order valence-electron chi connectivity index (χ1n) is 18.2. The lowest BCUT2D eigenvalue weighted by Crippen LogP contribution is -2.46. The summed E-state index contributed by atoms with van der Waals surface area (Å²) in [6.07, 6.45) is 15.4. The number of imidazole rings is 1. The number of nitrogens with zero attached hydrogens (tertiary/aromatic N) is 4. The summed E-state index contributed by atoms with van der Waals surface area (Å²) in [7, 11) is 0. The van der Waals surface area contributed by atoms with Crippen LogP contribution in [-0.2, 0) is 17.9 Å². The number of amides is 1. The van der Waals surface area contributed by atoms with Gasteiger partial charge in [0.05, 0.1) is 17.1 Å². The molecule has 3 fully saturated rings. The van der Waals surface area contributed by atoms with Crippen LogP contribution in [-0.4, -0.2) is 63.8 Å². The molecule has 6 rings (SSSR count). The van der Waals surface area contributed by atoms with Crippen LogP contribution in [0.5, 0.6) is 0 Å². The van der Waals surface area contributed by atoms with Gasteiger partial charge in [0.2, 0.25) is 0 Å². The van der Waals surface area contributed by atoms with E-state index in [1.807, 2.05) is 45.9 Å². The molecule has 3 atom stereocenters. The number of aromatic nitrogens is 2. The number of hydrogen-bond acceptors (Lipinski definition) is 5. The molecule has 2 N–H and O–H groups in total. The Morgan fingerprint density at radius 1 is 0.804 bits per heavy atom. The van der Waals surface area contributed by atoms with E-state index in [9.17, 15) is 9.59 Å². The summed E-state index contributed by atoms with van der Waals surface area (Å²) < 4.78 is 9.79. The molecule has 8 nitrogen and oxygen atoms in total. The van der Waals surface area contributed by atoms with Crippen molar-refractivity contribution < 1.29 is 9.53 Å². The highest BCUT2D eigenvalue weighted by atomic mass is 16.6. The Labute approximate surface area is 274 Å². The summed E-state index contributed by atoms with van der Waals surface area (Å²) in [4.78, 5) is 32.2. The number of piperidine rings is 1. The third-order valence-corrected chi connectivity index (χ3v) is 11.0. The van der Waals surface area contributed by atoms with Gasteiger partial charge in [-0.25, -0.2) is 9.59 Å². The van der Waals surface area contributed by atoms with Crippen molar-refractivity contribution >= 4 is 17.1 Å². The van der Waals surface area contributed by atoms with Crippen molar-refractivity contribution in [3.8, 4) is 0 Å². The van der Waals surface area contributed by atoms with Crippen molar-refractivity contribution in [1.29, 1.82) is 0 Å². The zero-order chi connectivity index (χ0) is 31.7. The summed E-state index contributed by atoms with van der Waals surface area (Å²) in [6.45, 7) is 5.43. The molecule has 46 heavy (non-hydrogen) atoms. The van der Waals surface area contributed by atoms with E-state index in [1.54, 1.807) is 0 Å². The van der Waals surface area contributed by atoms with E-state index in [-0.39, 0.29) is 30.5 Å². The second-order valence-corrected chi connectivity index (χ2v) is 14.2. The summed E-state index contributed by atoms with van der Waals surface area (Å²) in [5.41, 5.74) is 8.95. The fourth-order valence-corrected chi connectivity index (χ4v) is 8.53. The molecule has 0 radical (unpaired) electrons. The Morgan fingerprint density at radius 3 is 2.33 bits per heavy atom. The van der Waals surface area contributed by atoms with Crippen LogP contribution in [0.3, 0.4) is 0 Å². The Morgan fingerprint density at radius 2 is 1.54 bits per heavy atom. The molecule has 2 aromatic carbocycles. The van der Waals surface area contributed by atoms with E-state index >= 15 is 0 Å². The van der Waals surface area contributed by atoms with Gasteiger partial charge in [-0.1, -0.05) is 81.0 Å². The van der Waals surface area contributed by atoms with Crippen molar-refractivity contribution in [3.05, 3.63) is 70.6 Å². The second kappa shape index (κ2) is 16.1. The van der Waals surface area contributed by atoms with Crippen LogP contribution >= 0.6 is 0 Å². The quantitative estimate of drug-likeness (QED) is 0.232. The first-order chi connectivity index (χ1) is 22.6. The SMILES string of the molecule is NCCCC[C@@H]1CN(CC2CCCCCCC2)CC[C@H]1n1c(=O)n(C[C@@H]2CCCN2C(=O)OCc2ccccc2)c2ccccc21. The van der Waals surface area contributed by atoms with Crippen LogP contribution in [0.4, 0.5) is 4.79 Å². The van der Waals surface area contributed by atoms with Crippen molar-refractivity contribution in [2.24, 2.45) is 17.6 Å². The molecule has 1 aromatic heterocycles. The van der Waals surface area contributed by atoms with Gasteiger partial charge < -0.3 is 20.3 Å². The normalized spacial score (nSPS) is 23.4. The van der Waals surface area contributed by atoms with Crippen LogP contribution in [0.25, 0.3) is 11.0 Å². The molecule has 8 heteroatoms. The summed E-state index contributed by atoms with van der Waals surface area (Å²) >= 11 is 0. The standard InChI is InChI=1S/C38H55N5O3/c39-23-12-11-18-32-27-40(26-30-14-5-2-1-3-6-15-30)25-22-34(32)43-36-21-10-9-20-35(36)42(37(43)44)28-33-19-13-24-41(33)38(45)46-29-31-16-7-4-8-17-31/h4,7-10,16-17,20-21,30,32-34H,1-3,5-6,11-15,18-19,22-29,39H2/t32-,33+,34-/m1/s1. The molecule has 3 aliphatic rings. The van der Waals surface area contributed by atoms with Crippen molar-refractivity contribution in [2.75, 3.05) is 32.7 Å². The van der Waals surface area contributed by atoms with Crippen LogP contribution in [0, 0.1) is 11.8 Å². The van der Waals surface area contributed by atoms with Gasteiger partial charge in [0.1, 0.15) is 6.61 Å². The smallest absolute Gasteiger partial charge is 0.410 e. The topological polar surface area (TPSA) is 85.7 Å². The fourth-order valence-electron chi connectivity index (χ4n) is 8.53. The first-order valence-corrected chi connectivity index (χ1v) is 18.2. The van der Waals surface area contributed by atoms with Crippen LogP contribution < -0.4 is 11.4 Å². The number of rotatable bonds is 11. The van der Waals surface area contributed by atoms with Crippen molar-refractivity contribution in [1.82, 2.24) is 18.9 Å². The number of unbranched alkanes of at least 4 members (excludes halogenated alkanes) is 1. The van der Waals surface area contributed by atoms with E-state index in [0.29, 0.717) is 25.6 Å². The molecule has 3 aromatic rings. The van der Waals surface area contributed by atoms with Crippen molar-refractivity contribution in [2.45, 2.75) is 109 Å². The summed E-state index contributed by atoms with van der Waals surface area (Å²) in [5.74, 6) is 1.22. The van der Waals surface area contributed by atoms with Crippen LogP contribution in [0.15, 0.2) is 59.4 Å². The van der Waals surface area contributed by atoms with Gasteiger partial charge in [0, 0.05) is 38.8 Å². The van der Waals surface area contributed by atoms with Gasteiger partial charge in [-0.05, 0) is 81.0 Å². The largest absolute Gasteiger partial charge is 0.445 e. The predicted octanol–water partition coefficient (Wildman–Crippen LogP) is 6.96. The molecule has 0 bridgehead atoms. The average molecular weight is 630 g/mol. The van der Waals surface area contributed by atoms with E-state index in [4.69, 9.17) is 10.5 Å². The van der Waals surface area contributed by atoms with Gasteiger partial charge in [0.15, 0.2) is 0 Å². The second-order valence-electron chi connectivity index (χ2n) is 14.2. The minimum atomic E-state index is -0.292. The Hall–Kier alpha value is -3.10. The number of hydrogen-bond donors (Lipinski definition) is 1. The Kier molecular flexibility index (Phi) is 11.5. The molecule has 1 aliphatic carbocycles. The molecular formula is C38H55N5O3. The maximum Gasteiger partial charge on any atom is 0.410 e. The van der Waals surface area contributed by atoms with Crippen molar-refractivity contribution in [3.63, 3.8) is 0 Å². The van der Waals surface area contributed by atoms with Crippen LogP contribution in [0.1, 0.15) is 95.1 Å². The van der Waals surface area contributed by atoms with Gasteiger partial charge in [-0.2, -0.15) is 0 Å². The highest BCUT2D eigenvalue weighted by Crippen LogP contribution is 2.35. The Bertz CT molecular complexity index is 1440. The summed E-state index contributed by atoms with van der Waals surface area (Å²) in [6, 6.07) is 18.2. The number of para-hydroxylation sites is 2. The minimum Gasteiger partial charge on any atom is -0.445 e. The van der Waals surface area contributed by atoms with Gasteiger partial charge in [-0.15, -0.1) is 0 Å². The number of likely N-dealkylation sites (tertiary alicyclic amines) is 2. The molecule has 250 valence electrons. The highest BCUT2D eigenvalue weighted by Gasteiger charge is 2.35. The fraction of sp³-hybridized carbons (Fsp3) is 0.632. The zero-order valence-corrected chi connectivity index (χ0v) is 27.7. The van der Waals surface area contributed by atoms with E-state index in [0.717, 1.165) is 74.1 Å². The molecule has 1 saturated carbocycles. The number of carbonyl (C=O) groups is 1. The maximum atomic E-state index is 14.5. The lowest BCUT2D eigenvalue weighted by molar-refractivity contribution is 0.0886. The van der Waals surface area contributed by atoms with Gasteiger partial charge in [0.25, 0.3) is 0 Å². The average Bonchev–Trinajstić information content (AvgIpc) is 3.64. The van der Waals surface area contributed by atoms with Gasteiger partial charge in [-0.3, -0.25) is 9.13 Å². The molecule has 0 spiro atoms. The minimum absolute atomic E-state index is 0.0630. The third-order valence-electron chi connectivity index (χ3n) is 11.0. The summed E-state index contributed by atoms with van der Waals surface area (Å²) in [5, 5.41) is 0. The van der Waals surface area contributed by atoms with Gasteiger partial charge >= 0.3 is 11.8 Å².